The second-order valence-electron chi connectivity index (χ2n) is 7.74. The molecule has 27 heavy (non-hydrogen) atoms. The summed E-state index contributed by atoms with van der Waals surface area (Å²) in [6, 6.07) is 1.92. The highest BCUT2D eigenvalue weighted by Crippen LogP contribution is 2.35. The lowest BCUT2D eigenvalue weighted by atomic mass is 10.1. The summed E-state index contributed by atoms with van der Waals surface area (Å²) in [5, 5.41) is 0. The van der Waals surface area contributed by atoms with Gasteiger partial charge in [0, 0.05) is 38.4 Å². The maximum Gasteiger partial charge on any atom is 0.265 e. The van der Waals surface area contributed by atoms with E-state index in [0.717, 1.165) is 63.6 Å². The van der Waals surface area contributed by atoms with E-state index in [0.29, 0.717) is 12.6 Å². The van der Waals surface area contributed by atoms with E-state index in [9.17, 15) is 13.6 Å². The molecule has 1 saturated heterocycles. The number of carbonyl (C=O) groups excluding carboxylic acids is 1. The van der Waals surface area contributed by atoms with E-state index in [1.54, 1.807) is 0 Å². The number of hydrogen-bond acceptors (Lipinski definition) is 4. The Morgan fingerprint density at radius 3 is 2.63 bits per heavy atom. The maximum atomic E-state index is 14.2. The van der Waals surface area contributed by atoms with Gasteiger partial charge in [-0.25, -0.2) is 8.78 Å². The van der Waals surface area contributed by atoms with Crippen LogP contribution in [0.25, 0.3) is 0 Å². The Morgan fingerprint density at radius 1 is 1.11 bits per heavy atom. The van der Waals surface area contributed by atoms with Crippen molar-refractivity contribution in [1.29, 1.82) is 0 Å². The molecule has 3 aliphatic rings. The molecule has 2 heterocycles. The highest BCUT2D eigenvalue weighted by molar-refractivity contribution is 5.97. The van der Waals surface area contributed by atoms with Crippen LogP contribution in [0.2, 0.25) is 0 Å². The monoisotopic (exact) mass is 380 g/mol. The van der Waals surface area contributed by atoms with Crippen LogP contribution < -0.4 is 9.64 Å². The second kappa shape index (κ2) is 8.10. The van der Waals surface area contributed by atoms with Gasteiger partial charge in [-0.3, -0.25) is 4.79 Å². The van der Waals surface area contributed by atoms with E-state index in [-0.39, 0.29) is 24.0 Å². The minimum absolute atomic E-state index is 0.0554. The zero-order valence-corrected chi connectivity index (χ0v) is 15.5. The molecule has 4 rings (SSSR count). The molecular formula is C20H26F2N2O3. The van der Waals surface area contributed by atoms with Crippen molar-refractivity contribution in [3.05, 3.63) is 23.8 Å². The molecule has 2 fully saturated rings. The molecule has 1 saturated carbocycles. The summed E-state index contributed by atoms with van der Waals surface area (Å²) < 4.78 is 38.7. The molecule has 0 aromatic heterocycles. The minimum Gasteiger partial charge on any atom is -0.481 e. The Balaban J connectivity index is 1.25. The average molecular weight is 380 g/mol. The van der Waals surface area contributed by atoms with E-state index in [2.05, 4.69) is 4.90 Å². The largest absolute Gasteiger partial charge is 0.481 e. The summed E-state index contributed by atoms with van der Waals surface area (Å²) >= 11 is 0. The Bertz CT molecular complexity index is 688. The first-order valence-corrected chi connectivity index (χ1v) is 9.86. The number of halogens is 2. The fraction of sp³-hybridized carbons (Fsp3) is 0.650. The van der Waals surface area contributed by atoms with Crippen molar-refractivity contribution in [2.24, 2.45) is 5.92 Å². The summed E-state index contributed by atoms with van der Waals surface area (Å²) in [7, 11) is 0. The van der Waals surface area contributed by atoms with E-state index in [4.69, 9.17) is 9.47 Å². The van der Waals surface area contributed by atoms with Crippen molar-refractivity contribution in [1.82, 2.24) is 4.90 Å². The average Bonchev–Trinajstić information content (AvgIpc) is 3.47. The number of amides is 1. The Labute approximate surface area is 158 Å². The van der Waals surface area contributed by atoms with Crippen molar-refractivity contribution < 1.29 is 23.0 Å². The summed E-state index contributed by atoms with van der Waals surface area (Å²) in [5.41, 5.74) is 0.0554. The Morgan fingerprint density at radius 2 is 1.89 bits per heavy atom. The number of nitrogens with zero attached hydrogens (tertiary/aromatic N) is 2. The topological polar surface area (TPSA) is 42.0 Å². The number of hydrogen-bond donors (Lipinski definition) is 0. The smallest absolute Gasteiger partial charge is 0.265 e. The van der Waals surface area contributed by atoms with Crippen molar-refractivity contribution in [3.63, 3.8) is 0 Å². The van der Waals surface area contributed by atoms with Crippen LogP contribution in [-0.2, 0) is 9.53 Å². The van der Waals surface area contributed by atoms with Gasteiger partial charge < -0.3 is 19.3 Å². The molecule has 1 aromatic rings. The molecule has 1 aliphatic carbocycles. The lowest BCUT2D eigenvalue weighted by Gasteiger charge is -2.33. The van der Waals surface area contributed by atoms with Crippen molar-refractivity contribution in [3.8, 4) is 5.75 Å². The number of ether oxygens (including phenoxy) is 2. The number of fused-ring (bicyclic) bond motifs is 1. The first-order chi connectivity index (χ1) is 13.1. The molecule has 1 amide bonds. The molecule has 0 N–H and O–H groups in total. The molecule has 148 valence electrons. The number of piperidine rings is 1. The van der Waals surface area contributed by atoms with Crippen LogP contribution in [0.1, 0.15) is 32.1 Å². The van der Waals surface area contributed by atoms with Crippen molar-refractivity contribution in [2.75, 3.05) is 44.3 Å². The van der Waals surface area contributed by atoms with Gasteiger partial charge in [0.05, 0.1) is 6.10 Å². The number of benzene rings is 1. The molecule has 0 atom stereocenters. The fourth-order valence-corrected chi connectivity index (χ4v) is 3.80. The van der Waals surface area contributed by atoms with E-state index in [1.165, 1.54) is 17.7 Å². The van der Waals surface area contributed by atoms with Crippen LogP contribution in [-0.4, -0.2) is 56.3 Å². The predicted octanol–water partition coefficient (Wildman–Crippen LogP) is 2.97. The van der Waals surface area contributed by atoms with Crippen LogP contribution in [0.4, 0.5) is 14.5 Å². The zero-order chi connectivity index (χ0) is 18.8. The van der Waals surface area contributed by atoms with Crippen LogP contribution in [0.3, 0.4) is 0 Å². The lowest BCUT2D eigenvalue weighted by Crippen LogP contribution is -2.42. The summed E-state index contributed by atoms with van der Waals surface area (Å²) in [5.74, 6) is -0.856. The number of rotatable bonds is 7. The van der Waals surface area contributed by atoms with Gasteiger partial charge in [-0.15, -0.1) is 0 Å². The van der Waals surface area contributed by atoms with Crippen LogP contribution >= 0.6 is 0 Å². The van der Waals surface area contributed by atoms with Gasteiger partial charge in [-0.1, -0.05) is 0 Å². The number of anilines is 1. The van der Waals surface area contributed by atoms with Gasteiger partial charge in [0.15, 0.2) is 12.4 Å². The van der Waals surface area contributed by atoms with Gasteiger partial charge in [0.1, 0.15) is 17.3 Å². The third-order valence-electron chi connectivity index (χ3n) is 5.57. The third kappa shape index (κ3) is 4.58. The third-order valence-corrected chi connectivity index (χ3v) is 5.57. The first kappa shape index (κ1) is 18.6. The molecular weight excluding hydrogens is 354 g/mol. The molecule has 2 aliphatic heterocycles. The van der Waals surface area contributed by atoms with Gasteiger partial charge in [0.25, 0.3) is 5.91 Å². The van der Waals surface area contributed by atoms with Crippen LogP contribution in [0.5, 0.6) is 5.75 Å². The van der Waals surface area contributed by atoms with Gasteiger partial charge in [-0.05, 0) is 44.6 Å². The quantitative estimate of drug-likeness (QED) is 0.729. The molecule has 5 nitrogen and oxygen atoms in total. The summed E-state index contributed by atoms with van der Waals surface area (Å²) in [6.07, 6.45) is 5.82. The normalized spacial score (nSPS) is 21.3. The van der Waals surface area contributed by atoms with Crippen molar-refractivity contribution >= 4 is 11.6 Å². The number of likely N-dealkylation sites (tertiary alicyclic amines) is 1. The molecule has 0 unspecified atom stereocenters. The molecule has 0 radical (unpaired) electrons. The maximum absolute atomic E-state index is 14.2. The zero-order valence-electron chi connectivity index (χ0n) is 15.5. The molecule has 1 aromatic carbocycles. The van der Waals surface area contributed by atoms with E-state index >= 15 is 0 Å². The Kier molecular flexibility index (Phi) is 5.59. The van der Waals surface area contributed by atoms with Gasteiger partial charge in [-0.2, -0.15) is 0 Å². The molecule has 7 heteroatoms. The molecule has 0 spiro atoms. The van der Waals surface area contributed by atoms with Crippen molar-refractivity contribution in [2.45, 2.75) is 38.2 Å². The van der Waals surface area contributed by atoms with Crippen LogP contribution in [0.15, 0.2) is 12.1 Å². The van der Waals surface area contributed by atoms with Gasteiger partial charge in [0.2, 0.25) is 0 Å². The SMILES string of the molecule is O=C1COc2cc(F)cc(F)c2N1CCCN1CCC(OCC2CC2)CC1. The highest BCUT2D eigenvalue weighted by Gasteiger charge is 2.30. The van der Waals surface area contributed by atoms with E-state index in [1.807, 2.05) is 0 Å². The summed E-state index contributed by atoms with van der Waals surface area (Å²) in [4.78, 5) is 15.9. The fourth-order valence-electron chi connectivity index (χ4n) is 3.80. The van der Waals surface area contributed by atoms with Gasteiger partial charge >= 0.3 is 0 Å². The summed E-state index contributed by atoms with van der Waals surface area (Å²) in [6.45, 7) is 3.95. The first-order valence-electron chi connectivity index (χ1n) is 9.86. The minimum atomic E-state index is -0.758. The number of carbonyl (C=O) groups is 1. The second-order valence-corrected chi connectivity index (χ2v) is 7.74. The van der Waals surface area contributed by atoms with Crippen LogP contribution in [0, 0.1) is 17.6 Å². The Hall–Kier alpha value is -1.73. The lowest BCUT2D eigenvalue weighted by molar-refractivity contribution is -0.121. The molecule has 0 bridgehead atoms. The standard InChI is InChI=1S/C20H26F2N2O3/c21-15-10-17(22)20-18(11-15)27-13-19(25)24(20)7-1-6-23-8-4-16(5-9-23)26-12-14-2-3-14/h10-11,14,16H,1-9,12-13H2. The highest BCUT2D eigenvalue weighted by atomic mass is 19.1. The predicted molar refractivity (Wildman–Crippen MR) is 97.0 cm³/mol. The van der Waals surface area contributed by atoms with E-state index < -0.39 is 11.6 Å².